The number of hydrogen-bond acceptors (Lipinski definition) is 4. The molecule has 0 radical (unpaired) electrons. The molecule has 22 heavy (non-hydrogen) atoms. The molecule has 0 saturated carbocycles. The summed E-state index contributed by atoms with van der Waals surface area (Å²) in [4.78, 5) is 20.8. The van der Waals surface area contributed by atoms with Crippen LogP contribution in [0.3, 0.4) is 0 Å². The normalized spacial score (nSPS) is 10.6. The first-order chi connectivity index (χ1) is 10.7. The number of nitrogens with one attached hydrogen (secondary N) is 1. The van der Waals surface area contributed by atoms with E-state index in [2.05, 4.69) is 15.3 Å². The van der Waals surface area contributed by atoms with Gasteiger partial charge < -0.3 is 9.30 Å². The van der Waals surface area contributed by atoms with Crippen molar-refractivity contribution < 1.29 is 9.53 Å². The van der Waals surface area contributed by atoms with Gasteiger partial charge in [0.15, 0.2) is 0 Å². The van der Waals surface area contributed by atoms with E-state index >= 15 is 0 Å². The summed E-state index contributed by atoms with van der Waals surface area (Å²) in [6.45, 7) is 2.73. The summed E-state index contributed by atoms with van der Waals surface area (Å²) in [5, 5.41) is 2.84. The minimum Gasteiger partial charge on any atom is -0.481 e. The molecule has 0 spiro atoms. The number of methoxy groups -OCH3 is 1. The van der Waals surface area contributed by atoms with E-state index in [1.165, 1.54) is 13.3 Å². The second-order valence-corrected chi connectivity index (χ2v) is 4.71. The molecule has 0 fully saturated rings. The Morgan fingerprint density at radius 1 is 1.27 bits per heavy atom. The zero-order chi connectivity index (χ0) is 15.5. The SMILES string of the molecule is CCn1c(NC(=O)c2ccc(OC)nc2)nc2ccccc21. The van der Waals surface area contributed by atoms with Crippen LogP contribution in [0.15, 0.2) is 42.6 Å². The van der Waals surface area contributed by atoms with Crippen LogP contribution in [0, 0.1) is 0 Å². The number of fused-ring (bicyclic) bond motifs is 1. The van der Waals surface area contributed by atoms with Crippen molar-refractivity contribution in [1.82, 2.24) is 14.5 Å². The van der Waals surface area contributed by atoms with Crippen LogP contribution in [-0.2, 0) is 6.54 Å². The third-order valence-electron chi connectivity index (χ3n) is 3.40. The van der Waals surface area contributed by atoms with Crippen LogP contribution < -0.4 is 10.1 Å². The molecule has 2 aromatic heterocycles. The summed E-state index contributed by atoms with van der Waals surface area (Å²) >= 11 is 0. The Morgan fingerprint density at radius 3 is 2.77 bits per heavy atom. The average Bonchev–Trinajstić information content (AvgIpc) is 2.91. The molecule has 6 heteroatoms. The van der Waals surface area contributed by atoms with Gasteiger partial charge in [-0.05, 0) is 25.1 Å². The van der Waals surface area contributed by atoms with Crippen LogP contribution in [0.2, 0.25) is 0 Å². The van der Waals surface area contributed by atoms with Gasteiger partial charge in [-0.3, -0.25) is 10.1 Å². The molecule has 0 unspecified atom stereocenters. The number of aromatic nitrogens is 3. The summed E-state index contributed by atoms with van der Waals surface area (Å²) in [6.07, 6.45) is 1.48. The summed E-state index contributed by atoms with van der Waals surface area (Å²) in [6, 6.07) is 11.1. The molecule has 3 rings (SSSR count). The lowest BCUT2D eigenvalue weighted by Crippen LogP contribution is -2.16. The summed E-state index contributed by atoms with van der Waals surface area (Å²) in [5.41, 5.74) is 2.30. The molecule has 112 valence electrons. The van der Waals surface area contributed by atoms with Gasteiger partial charge in [-0.1, -0.05) is 12.1 Å². The third kappa shape index (κ3) is 2.50. The number of anilines is 1. The van der Waals surface area contributed by atoms with E-state index in [0.29, 0.717) is 17.4 Å². The molecule has 0 aliphatic carbocycles. The van der Waals surface area contributed by atoms with E-state index in [0.717, 1.165) is 17.6 Å². The molecule has 2 heterocycles. The van der Waals surface area contributed by atoms with Gasteiger partial charge in [0, 0.05) is 18.8 Å². The summed E-state index contributed by atoms with van der Waals surface area (Å²) < 4.78 is 6.95. The lowest BCUT2D eigenvalue weighted by Gasteiger charge is -2.07. The van der Waals surface area contributed by atoms with Crippen molar-refractivity contribution in [2.24, 2.45) is 0 Å². The number of hydrogen-bond donors (Lipinski definition) is 1. The number of para-hydroxylation sites is 2. The van der Waals surface area contributed by atoms with Crippen LogP contribution in [0.25, 0.3) is 11.0 Å². The second-order valence-electron chi connectivity index (χ2n) is 4.71. The Morgan fingerprint density at radius 2 is 2.09 bits per heavy atom. The highest BCUT2D eigenvalue weighted by Gasteiger charge is 2.13. The number of amides is 1. The van der Waals surface area contributed by atoms with E-state index < -0.39 is 0 Å². The average molecular weight is 296 g/mol. The van der Waals surface area contributed by atoms with E-state index in [4.69, 9.17) is 4.74 Å². The molecule has 0 aliphatic rings. The second kappa shape index (κ2) is 5.85. The van der Waals surface area contributed by atoms with Gasteiger partial charge in [0.25, 0.3) is 5.91 Å². The topological polar surface area (TPSA) is 69.0 Å². The van der Waals surface area contributed by atoms with E-state index in [-0.39, 0.29) is 5.91 Å². The molecule has 0 saturated heterocycles. The first kappa shape index (κ1) is 14.1. The maximum absolute atomic E-state index is 12.3. The fourth-order valence-corrected chi connectivity index (χ4v) is 2.30. The van der Waals surface area contributed by atoms with E-state index in [1.807, 2.05) is 35.8 Å². The molecule has 6 nitrogen and oxygen atoms in total. The minimum absolute atomic E-state index is 0.250. The van der Waals surface area contributed by atoms with Crippen molar-refractivity contribution in [3.8, 4) is 5.88 Å². The number of nitrogens with zero attached hydrogens (tertiary/aromatic N) is 3. The Balaban J connectivity index is 1.90. The number of pyridine rings is 1. The molecule has 0 aliphatic heterocycles. The first-order valence-corrected chi connectivity index (χ1v) is 6.99. The van der Waals surface area contributed by atoms with Gasteiger partial charge in [-0.2, -0.15) is 0 Å². The maximum Gasteiger partial charge on any atom is 0.259 e. The molecule has 0 atom stereocenters. The van der Waals surface area contributed by atoms with Crippen LogP contribution in [0.1, 0.15) is 17.3 Å². The zero-order valence-corrected chi connectivity index (χ0v) is 12.4. The lowest BCUT2D eigenvalue weighted by atomic mass is 10.3. The molecular formula is C16H16N4O2. The predicted octanol–water partition coefficient (Wildman–Crippen LogP) is 2.71. The number of carbonyl (C=O) groups is 1. The molecule has 3 aromatic rings. The largest absolute Gasteiger partial charge is 0.481 e. The number of ether oxygens (including phenoxy) is 1. The van der Waals surface area contributed by atoms with Gasteiger partial charge in [0.1, 0.15) is 0 Å². The quantitative estimate of drug-likeness (QED) is 0.803. The van der Waals surface area contributed by atoms with Crippen LogP contribution in [-0.4, -0.2) is 27.6 Å². The van der Waals surface area contributed by atoms with Crippen LogP contribution in [0.5, 0.6) is 5.88 Å². The van der Waals surface area contributed by atoms with Crippen LogP contribution >= 0.6 is 0 Å². The van der Waals surface area contributed by atoms with Crippen molar-refractivity contribution in [1.29, 1.82) is 0 Å². The van der Waals surface area contributed by atoms with Gasteiger partial charge >= 0.3 is 0 Å². The van der Waals surface area contributed by atoms with Crippen molar-refractivity contribution in [3.05, 3.63) is 48.2 Å². The van der Waals surface area contributed by atoms with Gasteiger partial charge in [0.05, 0.1) is 23.7 Å². The Hall–Kier alpha value is -2.89. The van der Waals surface area contributed by atoms with Crippen molar-refractivity contribution >= 4 is 22.9 Å². The van der Waals surface area contributed by atoms with E-state index in [9.17, 15) is 4.79 Å². The third-order valence-corrected chi connectivity index (χ3v) is 3.40. The molecular weight excluding hydrogens is 280 g/mol. The number of rotatable bonds is 4. The Bertz CT molecular complexity index is 809. The van der Waals surface area contributed by atoms with Gasteiger partial charge in [-0.15, -0.1) is 0 Å². The fraction of sp³-hybridized carbons (Fsp3) is 0.188. The van der Waals surface area contributed by atoms with Crippen LogP contribution in [0.4, 0.5) is 5.95 Å². The van der Waals surface area contributed by atoms with Gasteiger partial charge in [-0.25, -0.2) is 9.97 Å². The molecule has 1 amide bonds. The fourth-order valence-electron chi connectivity index (χ4n) is 2.30. The first-order valence-electron chi connectivity index (χ1n) is 6.99. The van der Waals surface area contributed by atoms with Crippen molar-refractivity contribution in [2.75, 3.05) is 12.4 Å². The van der Waals surface area contributed by atoms with Crippen molar-refractivity contribution in [2.45, 2.75) is 13.5 Å². The smallest absolute Gasteiger partial charge is 0.259 e. The van der Waals surface area contributed by atoms with Crippen molar-refractivity contribution in [3.63, 3.8) is 0 Å². The monoisotopic (exact) mass is 296 g/mol. The maximum atomic E-state index is 12.3. The highest BCUT2D eigenvalue weighted by molar-refractivity contribution is 6.03. The number of imidazole rings is 1. The Kier molecular flexibility index (Phi) is 3.74. The number of carbonyl (C=O) groups excluding carboxylic acids is 1. The summed E-state index contributed by atoms with van der Waals surface area (Å²) in [7, 11) is 1.53. The summed E-state index contributed by atoms with van der Waals surface area (Å²) in [5.74, 6) is 0.752. The number of aryl methyl sites for hydroxylation is 1. The standard InChI is InChI=1S/C16H16N4O2/c1-3-20-13-7-5-4-6-12(13)18-16(20)19-15(21)11-8-9-14(22-2)17-10-11/h4-10H,3H2,1-2H3,(H,18,19,21). The highest BCUT2D eigenvalue weighted by atomic mass is 16.5. The lowest BCUT2D eigenvalue weighted by molar-refractivity contribution is 0.102. The Labute approximate surface area is 127 Å². The minimum atomic E-state index is -0.250. The molecule has 1 N–H and O–H groups in total. The predicted molar refractivity (Wildman–Crippen MR) is 84.1 cm³/mol. The van der Waals surface area contributed by atoms with E-state index in [1.54, 1.807) is 12.1 Å². The zero-order valence-electron chi connectivity index (χ0n) is 12.4. The molecule has 0 bridgehead atoms. The van der Waals surface area contributed by atoms with Gasteiger partial charge in [0.2, 0.25) is 11.8 Å². The highest BCUT2D eigenvalue weighted by Crippen LogP contribution is 2.20. The number of benzene rings is 1. The molecule has 1 aromatic carbocycles.